The van der Waals surface area contributed by atoms with Crippen LogP contribution in [0.25, 0.3) is 0 Å². The number of unbranched alkanes of at least 4 members (excludes halogenated alkanes) is 1. The van der Waals surface area contributed by atoms with Crippen LogP contribution in [0.15, 0.2) is 18.2 Å². The van der Waals surface area contributed by atoms with Gasteiger partial charge < -0.3 is 9.47 Å². The van der Waals surface area contributed by atoms with Gasteiger partial charge in [0.1, 0.15) is 6.04 Å². The first-order valence-corrected chi connectivity index (χ1v) is 6.11. The van der Waals surface area contributed by atoms with Crippen molar-refractivity contribution in [3.63, 3.8) is 0 Å². The first-order chi connectivity index (χ1) is 8.76. The molecule has 1 aromatic carbocycles. The van der Waals surface area contributed by atoms with Crippen LogP contribution in [-0.4, -0.2) is 20.8 Å². The van der Waals surface area contributed by atoms with E-state index < -0.39 is 0 Å². The number of nitrogens with one attached hydrogen (secondary N) is 1. The van der Waals surface area contributed by atoms with Crippen molar-refractivity contribution in [1.82, 2.24) is 5.32 Å². The molecule has 0 saturated carbocycles. The Kier molecular flexibility index (Phi) is 6.03. The highest BCUT2D eigenvalue weighted by Gasteiger charge is 2.12. The molecule has 0 fully saturated rings. The molecule has 0 radical (unpaired) electrons. The zero-order chi connectivity index (χ0) is 13.4. The summed E-state index contributed by atoms with van der Waals surface area (Å²) in [5.41, 5.74) is 0.895. The summed E-state index contributed by atoms with van der Waals surface area (Å²) in [6, 6.07) is 7.49. The predicted octanol–water partition coefficient (Wildman–Crippen LogP) is 2.66. The smallest absolute Gasteiger partial charge is 0.161 e. The summed E-state index contributed by atoms with van der Waals surface area (Å²) in [7, 11) is 3.19. The zero-order valence-corrected chi connectivity index (χ0v) is 11.2. The van der Waals surface area contributed by atoms with Crippen molar-refractivity contribution in [2.45, 2.75) is 25.8 Å². The SMILES string of the molecule is CCCCNC(C#N)c1ccc(OC)c(OC)c1. The van der Waals surface area contributed by atoms with Crippen LogP contribution in [0.3, 0.4) is 0 Å². The highest BCUT2D eigenvalue weighted by molar-refractivity contribution is 5.44. The molecule has 1 aromatic rings. The monoisotopic (exact) mass is 248 g/mol. The van der Waals surface area contributed by atoms with Crippen LogP contribution in [0.2, 0.25) is 0 Å². The topological polar surface area (TPSA) is 54.3 Å². The first kappa shape index (κ1) is 14.3. The zero-order valence-electron chi connectivity index (χ0n) is 11.2. The number of nitriles is 1. The van der Waals surface area contributed by atoms with E-state index in [1.165, 1.54) is 0 Å². The van der Waals surface area contributed by atoms with Crippen LogP contribution < -0.4 is 14.8 Å². The average Bonchev–Trinajstić information content (AvgIpc) is 2.43. The van der Waals surface area contributed by atoms with Crippen LogP contribution in [0.4, 0.5) is 0 Å². The minimum absolute atomic E-state index is 0.309. The van der Waals surface area contributed by atoms with Crippen LogP contribution in [0, 0.1) is 11.3 Å². The molecule has 0 spiro atoms. The minimum atomic E-state index is -0.309. The number of hydrogen-bond donors (Lipinski definition) is 1. The van der Waals surface area contributed by atoms with Crippen LogP contribution >= 0.6 is 0 Å². The van der Waals surface area contributed by atoms with E-state index in [4.69, 9.17) is 9.47 Å². The summed E-state index contributed by atoms with van der Waals surface area (Å²) in [6.45, 7) is 2.96. The maximum absolute atomic E-state index is 9.18. The third kappa shape index (κ3) is 3.64. The summed E-state index contributed by atoms with van der Waals surface area (Å²) in [5.74, 6) is 1.32. The van der Waals surface area contributed by atoms with Crippen molar-refractivity contribution >= 4 is 0 Å². The lowest BCUT2D eigenvalue weighted by molar-refractivity contribution is 0.354. The Labute approximate surface area is 109 Å². The van der Waals surface area contributed by atoms with Crippen molar-refractivity contribution in [3.05, 3.63) is 23.8 Å². The normalized spacial score (nSPS) is 11.7. The average molecular weight is 248 g/mol. The summed E-state index contributed by atoms with van der Waals surface area (Å²) >= 11 is 0. The molecule has 0 aromatic heterocycles. The minimum Gasteiger partial charge on any atom is -0.493 e. The lowest BCUT2D eigenvalue weighted by Crippen LogP contribution is -2.21. The molecule has 0 aliphatic heterocycles. The van der Waals surface area contributed by atoms with Crippen molar-refractivity contribution in [3.8, 4) is 17.6 Å². The maximum atomic E-state index is 9.18. The van der Waals surface area contributed by atoms with Gasteiger partial charge in [-0.25, -0.2) is 0 Å². The van der Waals surface area contributed by atoms with Gasteiger partial charge in [0.15, 0.2) is 11.5 Å². The van der Waals surface area contributed by atoms with Crippen LogP contribution in [-0.2, 0) is 0 Å². The van der Waals surface area contributed by atoms with Crippen molar-refractivity contribution < 1.29 is 9.47 Å². The molecule has 0 amide bonds. The van der Waals surface area contributed by atoms with Gasteiger partial charge in [0.25, 0.3) is 0 Å². The molecule has 4 nitrogen and oxygen atoms in total. The Morgan fingerprint density at radius 3 is 2.56 bits per heavy atom. The molecule has 4 heteroatoms. The fourth-order valence-electron chi connectivity index (χ4n) is 1.69. The molecule has 1 rings (SSSR count). The molecule has 0 bridgehead atoms. The number of benzene rings is 1. The summed E-state index contributed by atoms with van der Waals surface area (Å²) in [6.07, 6.45) is 2.17. The van der Waals surface area contributed by atoms with Gasteiger partial charge in [-0.15, -0.1) is 0 Å². The van der Waals surface area contributed by atoms with Gasteiger partial charge in [-0.1, -0.05) is 19.4 Å². The van der Waals surface area contributed by atoms with E-state index in [1.54, 1.807) is 14.2 Å². The van der Waals surface area contributed by atoms with Gasteiger partial charge in [-0.2, -0.15) is 5.26 Å². The lowest BCUT2D eigenvalue weighted by atomic mass is 10.1. The van der Waals surface area contributed by atoms with E-state index in [-0.39, 0.29) is 6.04 Å². The van der Waals surface area contributed by atoms with Gasteiger partial charge in [0.05, 0.1) is 20.3 Å². The maximum Gasteiger partial charge on any atom is 0.161 e. The summed E-state index contributed by atoms with van der Waals surface area (Å²) in [5, 5.41) is 12.4. The van der Waals surface area contributed by atoms with Crippen LogP contribution in [0.5, 0.6) is 11.5 Å². The molecule has 1 N–H and O–H groups in total. The van der Waals surface area contributed by atoms with E-state index in [2.05, 4.69) is 18.3 Å². The molecular formula is C14H20N2O2. The standard InChI is InChI=1S/C14H20N2O2/c1-4-5-8-16-12(10-15)11-6-7-13(17-2)14(9-11)18-3/h6-7,9,12,16H,4-5,8H2,1-3H3. The molecule has 1 unspecified atom stereocenters. The molecular weight excluding hydrogens is 228 g/mol. The van der Waals surface area contributed by atoms with Crippen molar-refractivity contribution in [2.24, 2.45) is 0 Å². The fourth-order valence-corrected chi connectivity index (χ4v) is 1.69. The molecule has 1 atom stereocenters. The second kappa shape index (κ2) is 7.57. The second-order valence-electron chi connectivity index (χ2n) is 3.98. The quantitative estimate of drug-likeness (QED) is 0.754. The number of nitrogens with zero attached hydrogens (tertiary/aromatic N) is 1. The molecule has 0 aliphatic carbocycles. The molecule has 0 aliphatic rings. The highest BCUT2D eigenvalue weighted by atomic mass is 16.5. The van der Waals surface area contributed by atoms with Crippen molar-refractivity contribution in [2.75, 3.05) is 20.8 Å². The van der Waals surface area contributed by atoms with Crippen molar-refractivity contribution in [1.29, 1.82) is 5.26 Å². The molecule has 0 heterocycles. The Balaban J connectivity index is 2.83. The van der Waals surface area contributed by atoms with Gasteiger partial charge in [-0.05, 0) is 30.7 Å². The number of ether oxygens (including phenoxy) is 2. The number of methoxy groups -OCH3 is 2. The lowest BCUT2D eigenvalue weighted by Gasteiger charge is -2.14. The highest BCUT2D eigenvalue weighted by Crippen LogP contribution is 2.29. The number of rotatable bonds is 7. The number of hydrogen-bond acceptors (Lipinski definition) is 4. The first-order valence-electron chi connectivity index (χ1n) is 6.11. The van der Waals surface area contributed by atoms with Gasteiger partial charge >= 0.3 is 0 Å². The second-order valence-corrected chi connectivity index (χ2v) is 3.98. The van der Waals surface area contributed by atoms with Crippen LogP contribution in [0.1, 0.15) is 31.4 Å². The summed E-state index contributed by atoms with van der Waals surface area (Å²) in [4.78, 5) is 0. The molecule has 0 saturated heterocycles. The summed E-state index contributed by atoms with van der Waals surface area (Å²) < 4.78 is 10.4. The van der Waals surface area contributed by atoms with E-state index >= 15 is 0 Å². The van der Waals surface area contributed by atoms with Gasteiger partial charge in [0.2, 0.25) is 0 Å². The van der Waals surface area contributed by atoms with Gasteiger partial charge in [-0.3, -0.25) is 5.32 Å². The van der Waals surface area contributed by atoms with Gasteiger partial charge in [0, 0.05) is 0 Å². The molecule has 18 heavy (non-hydrogen) atoms. The fraction of sp³-hybridized carbons (Fsp3) is 0.500. The predicted molar refractivity (Wildman–Crippen MR) is 70.8 cm³/mol. The Morgan fingerprint density at radius 1 is 1.28 bits per heavy atom. The third-order valence-electron chi connectivity index (χ3n) is 2.75. The van der Waals surface area contributed by atoms with E-state index in [1.807, 2.05) is 18.2 Å². The van der Waals surface area contributed by atoms with E-state index in [9.17, 15) is 5.26 Å². The third-order valence-corrected chi connectivity index (χ3v) is 2.75. The Bertz CT molecular complexity index is 413. The van der Waals surface area contributed by atoms with E-state index in [0.29, 0.717) is 11.5 Å². The largest absolute Gasteiger partial charge is 0.493 e. The van der Waals surface area contributed by atoms with E-state index in [0.717, 1.165) is 24.9 Å². The Hall–Kier alpha value is -1.73. The molecule has 98 valence electrons. The Morgan fingerprint density at radius 2 is 2.00 bits per heavy atom.